The van der Waals surface area contributed by atoms with Gasteiger partial charge in [-0.2, -0.15) is 0 Å². The molecule has 0 saturated carbocycles. The minimum Gasteiger partial charge on any atom is -0.491 e. The second-order valence-corrected chi connectivity index (χ2v) is 4.51. The maximum Gasteiger partial charge on any atom is 0.352 e. The SMILES string of the molecule is COc1cn(CCC2CCCO2)c(C(=O)O)cc1=O. The molecule has 0 radical (unpaired) electrons. The van der Waals surface area contributed by atoms with Gasteiger partial charge in [-0.1, -0.05) is 0 Å². The zero-order valence-electron chi connectivity index (χ0n) is 10.8. The molecular weight excluding hydrogens is 250 g/mol. The van der Waals surface area contributed by atoms with Crippen molar-refractivity contribution in [2.75, 3.05) is 13.7 Å². The number of aryl methyl sites for hydroxylation is 1. The number of carboxylic acid groups (broad SMARTS) is 1. The fraction of sp³-hybridized carbons (Fsp3) is 0.538. The van der Waals surface area contributed by atoms with Crippen molar-refractivity contribution in [3.8, 4) is 5.75 Å². The van der Waals surface area contributed by atoms with E-state index >= 15 is 0 Å². The fourth-order valence-corrected chi connectivity index (χ4v) is 2.23. The zero-order valence-corrected chi connectivity index (χ0v) is 10.8. The number of aromatic nitrogens is 1. The summed E-state index contributed by atoms with van der Waals surface area (Å²) in [4.78, 5) is 22.7. The standard InChI is InChI=1S/C13H17NO5/c1-18-12-8-14(5-4-9-3-2-6-19-9)10(13(16)17)7-11(12)15/h7-9H,2-6H2,1H3,(H,16,17). The van der Waals surface area contributed by atoms with Crippen LogP contribution >= 0.6 is 0 Å². The lowest BCUT2D eigenvalue weighted by atomic mass is 10.2. The molecule has 0 amide bonds. The Hall–Kier alpha value is -1.82. The van der Waals surface area contributed by atoms with Gasteiger partial charge in [0, 0.05) is 19.2 Å². The molecule has 1 atom stereocenters. The van der Waals surface area contributed by atoms with Crippen molar-refractivity contribution in [1.82, 2.24) is 4.57 Å². The van der Waals surface area contributed by atoms with E-state index in [0.29, 0.717) is 6.54 Å². The maximum atomic E-state index is 11.6. The first-order valence-electron chi connectivity index (χ1n) is 6.25. The molecule has 0 spiro atoms. The smallest absolute Gasteiger partial charge is 0.352 e. The van der Waals surface area contributed by atoms with E-state index in [4.69, 9.17) is 14.6 Å². The second-order valence-electron chi connectivity index (χ2n) is 4.51. The number of rotatable bonds is 5. The van der Waals surface area contributed by atoms with Crippen LogP contribution in [0.1, 0.15) is 29.8 Å². The van der Waals surface area contributed by atoms with Gasteiger partial charge in [0.05, 0.1) is 19.4 Å². The van der Waals surface area contributed by atoms with Gasteiger partial charge < -0.3 is 19.1 Å². The Balaban J connectivity index is 2.20. The van der Waals surface area contributed by atoms with Crippen LogP contribution in [0.2, 0.25) is 0 Å². The number of hydrogen-bond donors (Lipinski definition) is 1. The number of carboxylic acids is 1. The molecule has 1 aromatic heterocycles. The van der Waals surface area contributed by atoms with E-state index in [1.54, 1.807) is 0 Å². The second kappa shape index (κ2) is 5.88. The Kier molecular flexibility index (Phi) is 4.21. The highest BCUT2D eigenvalue weighted by Gasteiger charge is 2.18. The summed E-state index contributed by atoms with van der Waals surface area (Å²) in [6.07, 6.45) is 4.39. The number of pyridine rings is 1. The third kappa shape index (κ3) is 3.14. The van der Waals surface area contributed by atoms with Gasteiger partial charge >= 0.3 is 5.97 Å². The van der Waals surface area contributed by atoms with Crippen molar-refractivity contribution in [2.24, 2.45) is 0 Å². The summed E-state index contributed by atoms with van der Waals surface area (Å²) in [5, 5.41) is 9.11. The molecule has 19 heavy (non-hydrogen) atoms. The quantitative estimate of drug-likeness (QED) is 0.865. The summed E-state index contributed by atoms with van der Waals surface area (Å²) in [5.41, 5.74) is -0.447. The molecule has 0 bridgehead atoms. The van der Waals surface area contributed by atoms with Gasteiger partial charge in [0.1, 0.15) is 5.69 Å². The van der Waals surface area contributed by atoms with Gasteiger partial charge in [-0.05, 0) is 19.3 Å². The molecule has 6 heteroatoms. The largest absolute Gasteiger partial charge is 0.491 e. The van der Waals surface area contributed by atoms with Crippen LogP contribution in [0.15, 0.2) is 17.1 Å². The lowest BCUT2D eigenvalue weighted by Crippen LogP contribution is -2.20. The van der Waals surface area contributed by atoms with E-state index in [2.05, 4.69) is 0 Å². The average Bonchev–Trinajstić information content (AvgIpc) is 2.89. The topological polar surface area (TPSA) is 77.8 Å². The van der Waals surface area contributed by atoms with Crippen LogP contribution < -0.4 is 10.2 Å². The number of methoxy groups -OCH3 is 1. The number of hydrogen-bond acceptors (Lipinski definition) is 4. The Morgan fingerprint density at radius 3 is 3.00 bits per heavy atom. The summed E-state index contributed by atoms with van der Waals surface area (Å²) in [7, 11) is 1.39. The molecule has 1 saturated heterocycles. The third-order valence-corrected chi connectivity index (χ3v) is 3.25. The molecule has 1 unspecified atom stereocenters. The summed E-state index contributed by atoms with van der Waals surface area (Å²) in [6, 6.07) is 1.09. The van der Waals surface area contributed by atoms with Crippen LogP contribution in [-0.2, 0) is 11.3 Å². The molecular formula is C13H17NO5. The van der Waals surface area contributed by atoms with Crippen molar-refractivity contribution in [2.45, 2.75) is 31.9 Å². The average molecular weight is 267 g/mol. The van der Waals surface area contributed by atoms with Gasteiger partial charge in [-0.15, -0.1) is 0 Å². The number of carbonyl (C=O) groups is 1. The highest BCUT2D eigenvalue weighted by Crippen LogP contribution is 2.17. The maximum absolute atomic E-state index is 11.6. The Labute approximate surface area is 110 Å². The van der Waals surface area contributed by atoms with E-state index in [-0.39, 0.29) is 17.5 Å². The molecule has 0 aromatic carbocycles. The van der Waals surface area contributed by atoms with Gasteiger partial charge in [-0.25, -0.2) is 4.79 Å². The van der Waals surface area contributed by atoms with Crippen LogP contribution in [0, 0.1) is 0 Å². The number of nitrogens with zero attached hydrogens (tertiary/aromatic N) is 1. The minimum absolute atomic E-state index is 0.0243. The first-order valence-corrected chi connectivity index (χ1v) is 6.25. The van der Waals surface area contributed by atoms with E-state index in [0.717, 1.165) is 31.9 Å². The fourth-order valence-electron chi connectivity index (χ4n) is 2.23. The monoisotopic (exact) mass is 267 g/mol. The molecule has 1 N–H and O–H groups in total. The summed E-state index contributed by atoms with van der Waals surface area (Å²) < 4.78 is 12.0. The highest BCUT2D eigenvalue weighted by molar-refractivity contribution is 5.85. The first kappa shape index (κ1) is 13.6. The van der Waals surface area contributed by atoms with Crippen LogP contribution in [0.5, 0.6) is 5.75 Å². The summed E-state index contributed by atoms with van der Waals surface area (Å²) >= 11 is 0. The molecule has 2 heterocycles. The predicted octanol–water partition coefficient (Wildman–Crippen LogP) is 1.12. The minimum atomic E-state index is -1.12. The summed E-state index contributed by atoms with van der Waals surface area (Å²) in [6.45, 7) is 1.26. The van der Waals surface area contributed by atoms with Crippen LogP contribution in [-0.4, -0.2) is 35.5 Å². The van der Waals surface area contributed by atoms with Crippen LogP contribution in [0.4, 0.5) is 0 Å². The van der Waals surface area contributed by atoms with Crippen LogP contribution in [0.25, 0.3) is 0 Å². The van der Waals surface area contributed by atoms with Crippen LogP contribution in [0.3, 0.4) is 0 Å². The van der Waals surface area contributed by atoms with E-state index in [1.807, 2.05) is 0 Å². The Bertz CT molecular complexity index is 516. The predicted molar refractivity (Wildman–Crippen MR) is 67.8 cm³/mol. The summed E-state index contributed by atoms with van der Waals surface area (Å²) in [5.74, 6) is -0.968. The Morgan fingerprint density at radius 2 is 2.42 bits per heavy atom. The van der Waals surface area contributed by atoms with Gasteiger partial charge in [-0.3, -0.25) is 4.79 Å². The zero-order chi connectivity index (χ0) is 13.8. The van der Waals surface area contributed by atoms with E-state index in [1.165, 1.54) is 17.9 Å². The molecule has 2 rings (SSSR count). The highest BCUT2D eigenvalue weighted by atomic mass is 16.5. The molecule has 1 aromatic rings. The molecule has 104 valence electrons. The molecule has 1 aliphatic rings. The first-order chi connectivity index (χ1) is 9.11. The molecule has 1 aliphatic heterocycles. The third-order valence-electron chi connectivity index (χ3n) is 3.25. The number of ether oxygens (including phenoxy) is 2. The van der Waals surface area contributed by atoms with E-state index < -0.39 is 11.4 Å². The number of aromatic carboxylic acids is 1. The molecule has 1 fully saturated rings. The van der Waals surface area contributed by atoms with Crippen molar-refractivity contribution >= 4 is 5.97 Å². The lowest BCUT2D eigenvalue weighted by Gasteiger charge is -2.14. The van der Waals surface area contributed by atoms with Crippen molar-refractivity contribution in [3.63, 3.8) is 0 Å². The van der Waals surface area contributed by atoms with Gasteiger partial charge in [0.15, 0.2) is 5.75 Å². The van der Waals surface area contributed by atoms with Gasteiger partial charge in [0.25, 0.3) is 0 Å². The van der Waals surface area contributed by atoms with E-state index in [9.17, 15) is 9.59 Å². The molecule has 6 nitrogen and oxygen atoms in total. The van der Waals surface area contributed by atoms with Gasteiger partial charge in [0.2, 0.25) is 5.43 Å². The van der Waals surface area contributed by atoms with Crippen molar-refractivity contribution < 1.29 is 19.4 Å². The Morgan fingerprint density at radius 1 is 1.63 bits per heavy atom. The normalized spacial score (nSPS) is 18.5. The van der Waals surface area contributed by atoms with Crippen molar-refractivity contribution in [1.29, 1.82) is 0 Å². The van der Waals surface area contributed by atoms with Crippen molar-refractivity contribution in [3.05, 3.63) is 28.2 Å². The molecule has 0 aliphatic carbocycles. The lowest BCUT2D eigenvalue weighted by molar-refractivity contribution is 0.0678.